The number of amides is 2. The van der Waals surface area contributed by atoms with Crippen molar-refractivity contribution in [2.75, 3.05) is 26.2 Å². The molecule has 23 heavy (non-hydrogen) atoms. The summed E-state index contributed by atoms with van der Waals surface area (Å²) in [5.41, 5.74) is 0.387. The predicted octanol–water partition coefficient (Wildman–Crippen LogP) is 1.74. The van der Waals surface area contributed by atoms with Crippen molar-refractivity contribution in [3.8, 4) is 0 Å². The van der Waals surface area contributed by atoms with E-state index in [9.17, 15) is 9.59 Å². The number of likely N-dealkylation sites (tertiary alicyclic amines) is 2. The summed E-state index contributed by atoms with van der Waals surface area (Å²) >= 11 is 0. The molecule has 1 aromatic rings. The van der Waals surface area contributed by atoms with Crippen LogP contribution in [-0.2, 0) is 4.79 Å². The molecule has 1 saturated carbocycles. The molecule has 2 aliphatic heterocycles. The summed E-state index contributed by atoms with van der Waals surface area (Å²) in [6.45, 7) is 7.00. The molecule has 0 N–H and O–H groups in total. The molecule has 3 aliphatic rings. The second kappa shape index (κ2) is 5.35. The van der Waals surface area contributed by atoms with E-state index in [4.69, 9.17) is 4.52 Å². The predicted molar refractivity (Wildman–Crippen MR) is 82.8 cm³/mol. The standard InChI is InChI=1S/C17H23N3O3/c1-10(2)6-19-7-12-8-20(9-13(12)16(19)21)17(22)14-5-15(23-18-14)11-3-4-11/h5,10-13H,3-4,6-9H2,1-2H3/t12-,13+/m1/s1. The van der Waals surface area contributed by atoms with Gasteiger partial charge in [-0.05, 0) is 18.8 Å². The topological polar surface area (TPSA) is 66.7 Å². The Balaban J connectivity index is 1.41. The summed E-state index contributed by atoms with van der Waals surface area (Å²) in [5.74, 6) is 2.09. The number of fused-ring (bicyclic) bond motifs is 1. The Kier molecular flexibility index (Phi) is 3.43. The smallest absolute Gasteiger partial charge is 0.276 e. The first-order valence-corrected chi connectivity index (χ1v) is 8.57. The lowest BCUT2D eigenvalue weighted by Gasteiger charge is -2.22. The third kappa shape index (κ3) is 2.64. The SMILES string of the molecule is CC(C)CN1C[C@@H]2CN(C(=O)c3cc(C4CC4)on3)C[C@@H]2C1=O. The van der Waals surface area contributed by atoms with Gasteiger partial charge in [0.2, 0.25) is 5.91 Å². The van der Waals surface area contributed by atoms with Crippen molar-refractivity contribution in [3.05, 3.63) is 17.5 Å². The molecule has 6 nitrogen and oxygen atoms in total. The summed E-state index contributed by atoms with van der Waals surface area (Å²) in [5, 5.41) is 3.93. The Labute approximate surface area is 135 Å². The van der Waals surface area contributed by atoms with Gasteiger partial charge in [-0.2, -0.15) is 0 Å². The van der Waals surface area contributed by atoms with Crippen LogP contribution in [0.1, 0.15) is 48.9 Å². The van der Waals surface area contributed by atoms with E-state index >= 15 is 0 Å². The highest BCUT2D eigenvalue weighted by Gasteiger charge is 2.47. The Bertz CT molecular complexity index is 635. The van der Waals surface area contributed by atoms with Crippen molar-refractivity contribution in [1.82, 2.24) is 15.0 Å². The van der Waals surface area contributed by atoms with Gasteiger partial charge in [0.15, 0.2) is 5.69 Å². The second-order valence-corrected chi connectivity index (χ2v) is 7.60. The molecule has 1 aromatic heterocycles. The summed E-state index contributed by atoms with van der Waals surface area (Å²) < 4.78 is 5.27. The van der Waals surface area contributed by atoms with Gasteiger partial charge in [0.1, 0.15) is 5.76 Å². The van der Waals surface area contributed by atoms with Gasteiger partial charge in [-0.15, -0.1) is 0 Å². The molecule has 2 saturated heterocycles. The molecule has 2 atom stereocenters. The average molecular weight is 317 g/mol. The number of aromatic nitrogens is 1. The fourth-order valence-electron chi connectivity index (χ4n) is 3.83. The number of nitrogens with zero attached hydrogens (tertiary/aromatic N) is 3. The van der Waals surface area contributed by atoms with E-state index < -0.39 is 0 Å². The lowest BCUT2D eigenvalue weighted by Crippen LogP contribution is -2.37. The first-order chi connectivity index (χ1) is 11.0. The van der Waals surface area contributed by atoms with E-state index in [1.165, 1.54) is 0 Å². The summed E-state index contributed by atoms with van der Waals surface area (Å²) in [6, 6.07) is 1.78. The molecule has 2 amide bonds. The van der Waals surface area contributed by atoms with Gasteiger partial charge in [0.25, 0.3) is 5.91 Å². The van der Waals surface area contributed by atoms with E-state index in [0.29, 0.717) is 30.6 Å². The van der Waals surface area contributed by atoms with E-state index in [2.05, 4.69) is 19.0 Å². The highest BCUT2D eigenvalue weighted by atomic mass is 16.5. The zero-order valence-electron chi connectivity index (χ0n) is 13.7. The fourth-order valence-corrected chi connectivity index (χ4v) is 3.83. The molecule has 0 spiro atoms. The minimum atomic E-state index is -0.0988. The van der Waals surface area contributed by atoms with Gasteiger partial charge >= 0.3 is 0 Å². The van der Waals surface area contributed by atoms with Gasteiger partial charge in [-0.25, -0.2) is 0 Å². The van der Waals surface area contributed by atoms with E-state index in [1.54, 1.807) is 11.0 Å². The second-order valence-electron chi connectivity index (χ2n) is 7.60. The number of hydrogen-bond donors (Lipinski definition) is 0. The van der Waals surface area contributed by atoms with Crippen LogP contribution >= 0.6 is 0 Å². The van der Waals surface area contributed by atoms with Crippen LogP contribution in [0, 0.1) is 17.8 Å². The van der Waals surface area contributed by atoms with E-state index in [-0.39, 0.29) is 23.7 Å². The van der Waals surface area contributed by atoms with Gasteiger partial charge < -0.3 is 14.3 Å². The average Bonchev–Trinajstić information content (AvgIpc) is 2.99. The van der Waals surface area contributed by atoms with Crippen molar-refractivity contribution >= 4 is 11.8 Å². The summed E-state index contributed by atoms with van der Waals surface area (Å²) in [7, 11) is 0. The first-order valence-electron chi connectivity index (χ1n) is 8.57. The van der Waals surface area contributed by atoms with Crippen LogP contribution in [0.5, 0.6) is 0 Å². The van der Waals surface area contributed by atoms with Crippen LogP contribution in [0.15, 0.2) is 10.6 Å². The minimum absolute atomic E-state index is 0.0347. The molecule has 0 aromatic carbocycles. The molecule has 0 radical (unpaired) electrons. The Hall–Kier alpha value is -1.85. The lowest BCUT2D eigenvalue weighted by molar-refractivity contribution is -0.131. The van der Waals surface area contributed by atoms with Crippen molar-refractivity contribution in [2.45, 2.75) is 32.6 Å². The summed E-state index contributed by atoms with van der Waals surface area (Å²) in [4.78, 5) is 28.8. The molecule has 3 heterocycles. The molecule has 0 unspecified atom stereocenters. The van der Waals surface area contributed by atoms with Gasteiger partial charge in [0, 0.05) is 44.1 Å². The van der Waals surface area contributed by atoms with Gasteiger partial charge in [-0.3, -0.25) is 9.59 Å². The highest BCUT2D eigenvalue weighted by molar-refractivity contribution is 5.93. The van der Waals surface area contributed by atoms with Crippen LogP contribution in [0.25, 0.3) is 0 Å². The van der Waals surface area contributed by atoms with Crippen molar-refractivity contribution in [1.29, 1.82) is 0 Å². The van der Waals surface area contributed by atoms with Crippen LogP contribution in [0.2, 0.25) is 0 Å². The monoisotopic (exact) mass is 317 g/mol. The molecular formula is C17H23N3O3. The number of hydrogen-bond acceptors (Lipinski definition) is 4. The van der Waals surface area contributed by atoms with E-state index in [1.807, 2.05) is 4.90 Å². The minimum Gasteiger partial charge on any atom is -0.360 e. The van der Waals surface area contributed by atoms with Crippen LogP contribution in [0.3, 0.4) is 0 Å². The molecule has 124 valence electrons. The third-order valence-corrected chi connectivity index (χ3v) is 5.12. The fraction of sp³-hybridized carbons (Fsp3) is 0.706. The molecule has 0 bridgehead atoms. The molecule has 1 aliphatic carbocycles. The van der Waals surface area contributed by atoms with Crippen LogP contribution in [-0.4, -0.2) is 52.9 Å². The van der Waals surface area contributed by atoms with Crippen LogP contribution in [0.4, 0.5) is 0 Å². The lowest BCUT2D eigenvalue weighted by atomic mass is 10.0. The van der Waals surface area contributed by atoms with Crippen LogP contribution < -0.4 is 0 Å². The first kappa shape index (κ1) is 14.7. The largest absolute Gasteiger partial charge is 0.360 e. The number of rotatable bonds is 4. The molecule has 3 fully saturated rings. The van der Waals surface area contributed by atoms with Gasteiger partial charge in [0.05, 0.1) is 5.92 Å². The Morgan fingerprint density at radius 2 is 2.13 bits per heavy atom. The van der Waals surface area contributed by atoms with E-state index in [0.717, 1.165) is 31.7 Å². The van der Waals surface area contributed by atoms with Gasteiger partial charge in [-0.1, -0.05) is 19.0 Å². The van der Waals surface area contributed by atoms with Crippen molar-refractivity contribution < 1.29 is 14.1 Å². The third-order valence-electron chi connectivity index (χ3n) is 5.12. The summed E-state index contributed by atoms with van der Waals surface area (Å²) in [6.07, 6.45) is 2.24. The van der Waals surface area contributed by atoms with Crippen molar-refractivity contribution in [3.63, 3.8) is 0 Å². The van der Waals surface area contributed by atoms with Crippen molar-refractivity contribution in [2.24, 2.45) is 17.8 Å². The quantitative estimate of drug-likeness (QED) is 0.848. The number of carbonyl (C=O) groups excluding carboxylic acids is 2. The zero-order valence-corrected chi connectivity index (χ0v) is 13.7. The normalized spacial score (nSPS) is 27.2. The maximum Gasteiger partial charge on any atom is 0.276 e. The molecular weight excluding hydrogens is 294 g/mol. The molecule has 6 heteroatoms. The molecule has 4 rings (SSSR count). The maximum atomic E-state index is 12.6. The number of carbonyl (C=O) groups is 2. The maximum absolute atomic E-state index is 12.6. The highest BCUT2D eigenvalue weighted by Crippen LogP contribution is 2.40. The Morgan fingerprint density at radius 3 is 2.78 bits per heavy atom. The zero-order chi connectivity index (χ0) is 16.1. The Morgan fingerprint density at radius 1 is 1.35 bits per heavy atom.